The molecule has 7 heteroatoms. The number of hydrogen-bond acceptors (Lipinski definition) is 5. The smallest absolute Gasteiger partial charge is 0.325 e. The Morgan fingerprint density at radius 2 is 2.12 bits per heavy atom. The van der Waals surface area contributed by atoms with Crippen molar-refractivity contribution in [1.29, 1.82) is 0 Å². The Kier molecular flexibility index (Phi) is 3.15. The predicted molar refractivity (Wildman–Crippen MR) is 95.2 cm³/mol. The first kappa shape index (κ1) is 14.8. The van der Waals surface area contributed by atoms with Crippen molar-refractivity contribution in [2.24, 2.45) is 0 Å². The number of para-hydroxylation sites is 2. The standard InChI is InChI=1S/C19H15N5O2/c1-11-17-13(12-5-4-8-20-10-12)9-16(25)22-18(17)24(23-11)19-21-14-6-2-3-7-15(14)26-19/h2-8,10,13H,9H2,1H3,(H,22,25). The molecule has 7 nitrogen and oxygen atoms in total. The predicted octanol–water partition coefficient (Wildman–Crippen LogP) is 3.19. The number of rotatable bonds is 2. The van der Waals surface area contributed by atoms with E-state index in [9.17, 15) is 4.79 Å². The van der Waals surface area contributed by atoms with Gasteiger partial charge in [0.1, 0.15) is 11.3 Å². The summed E-state index contributed by atoms with van der Waals surface area (Å²) in [6.07, 6.45) is 3.88. The van der Waals surface area contributed by atoms with Crippen molar-refractivity contribution in [3.05, 3.63) is 65.6 Å². The molecule has 0 radical (unpaired) electrons. The van der Waals surface area contributed by atoms with E-state index in [1.807, 2.05) is 43.3 Å². The van der Waals surface area contributed by atoms with Crippen LogP contribution in [0.1, 0.15) is 29.2 Å². The van der Waals surface area contributed by atoms with Crippen LogP contribution in [0.4, 0.5) is 5.82 Å². The fraction of sp³-hybridized carbons (Fsp3) is 0.158. The molecular formula is C19H15N5O2. The third-order valence-electron chi connectivity index (χ3n) is 4.65. The second kappa shape index (κ2) is 5.52. The van der Waals surface area contributed by atoms with Gasteiger partial charge in [0.05, 0.1) is 5.69 Å². The summed E-state index contributed by atoms with van der Waals surface area (Å²) in [5.41, 5.74) is 4.21. The van der Waals surface area contributed by atoms with Crippen molar-refractivity contribution >= 4 is 22.8 Å². The first-order valence-corrected chi connectivity index (χ1v) is 8.36. The SMILES string of the molecule is Cc1nn(-c2nc3ccccc3o2)c2c1C(c1cccnc1)CC(=O)N2. The van der Waals surface area contributed by atoms with Gasteiger partial charge in [-0.1, -0.05) is 18.2 Å². The van der Waals surface area contributed by atoms with E-state index in [2.05, 4.69) is 20.4 Å². The number of carbonyl (C=O) groups is 1. The van der Waals surface area contributed by atoms with Gasteiger partial charge in [0, 0.05) is 30.3 Å². The third-order valence-corrected chi connectivity index (χ3v) is 4.65. The van der Waals surface area contributed by atoms with Crippen LogP contribution >= 0.6 is 0 Å². The number of oxazole rings is 1. The monoisotopic (exact) mass is 345 g/mol. The van der Waals surface area contributed by atoms with Crippen LogP contribution in [0.3, 0.4) is 0 Å². The highest BCUT2D eigenvalue weighted by molar-refractivity contribution is 5.95. The maximum atomic E-state index is 12.4. The summed E-state index contributed by atoms with van der Waals surface area (Å²) in [6, 6.07) is 11.7. The molecule has 1 aliphatic rings. The highest BCUT2D eigenvalue weighted by atomic mass is 16.4. The maximum Gasteiger partial charge on any atom is 0.325 e. The Morgan fingerprint density at radius 1 is 1.23 bits per heavy atom. The van der Waals surface area contributed by atoms with Gasteiger partial charge in [-0.15, -0.1) is 0 Å². The van der Waals surface area contributed by atoms with Gasteiger partial charge in [-0.25, -0.2) is 0 Å². The lowest BCUT2D eigenvalue weighted by Crippen LogP contribution is -2.25. The summed E-state index contributed by atoms with van der Waals surface area (Å²) in [4.78, 5) is 21.0. The van der Waals surface area contributed by atoms with E-state index in [0.29, 0.717) is 23.8 Å². The number of fused-ring (bicyclic) bond motifs is 2. The number of carbonyl (C=O) groups excluding carboxylic acids is 1. The summed E-state index contributed by atoms with van der Waals surface area (Å²) >= 11 is 0. The quantitative estimate of drug-likeness (QED) is 0.603. The average Bonchev–Trinajstić information content (AvgIpc) is 3.23. The van der Waals surface area contributed by atoms with Crippen LogP contribution < -0.4 is 5.32 Å². The zero-order valence-corrected chi connectivity index (χ0v) is 14.0. The lowest BCUT2D eigenvalue weighted by atomic mass is 9.87. The van der Waals surface area contributed by atoms with E-state index in [-0.39, 0.29) is 11.8 Å². The van der Waals surface area contributed by atoms with E-state index in [4.69, 9.17) is 4.42 Å². The van der Waals surface area contributed by atoms with Crippen LogP contribution in [0.15, 0.2) is 53.2 Å². The fourth-order valence-electron chi connectivity index (χ4n) is 3.50. The molecule has 1 N–H and O–H groups in total. The second-order valence-electron chi connectivity index (χ2n) is 6.31. The van der Waals surface area contributed by atoms with Crippen LogP contribution in [-0.2, 0) is 4.79 Å². The third kappa shape index (κ3) is 2.21. The first-order valence-electron chi connectivity index (χ1n) is 8.36. The minimum absolute atomic E-state index is 0.0661. The minimum Gasteiger partial charge on any atom is -0.422 e. The Labute approximate surface area is 148 Å². The number of aryl methyl sites for hydroxylation is 1. The van der Waals surface area contributed by atoms with E-state index in [1.165, 1.54) is 0 Å². The van der Waals surface area contributed by atoms with Crippen molar-refractivity contribution in [2.75, 3.05) is 5.32 Å². The first-order chi connectivity index (χ1) is 12.7. The molecule has 4 aromatic rings. The van der Waals surface area contributed by atoms with Gasteiger partial charge in [-0.3, -0.25) is 9.78 Å². The van der Waals surface area contributed by atoms with E-state index >= 15 is 0 Å². The molecule has 0 spiro atoms. The van der Waals surface area contributed by atoms with Crippen LogP contribution in [0, 0.1) is 6.92 Å². The molecule has 26 heavy (non-hydrogen) atoms. The number of amides is 1. The van der Waals surface area contributed by atoms with Gasteiger partial charge in [-0.2, -0.15) is 14.8 Å². The molecule has 1 unspecified atom stereocenters. The van der Waals surface area contributed by atoms with Gasteiger partial charge in [0.25, 0.3) is 0 Å². The highest BCUT2D eigenvalue weighted by Gasteiger charge is 2.33. The van der Waals surface area contributed by atoms with Crippen molar-refractivity contribution in [3.8, 4) is 6.01 Å². The average molecular weight is 345 g/mol. The lowest BCUT2D eigenvalue weighted by Gasteiger charge is -2.23. The number of aromatic nitrogens is 4. The van der Waals surface area contributed by atoms with Crippen molar-refractivity contribution in [3.63, 3.8) is 0 Å². The lowest BCUT2D eigenvalue weighted by molar-refractivity contribution is -0.116. The van der Waals surface area contributed by atoms with Gasteiger partial charge in [0.2, 0.25) is 5.91 Å². The molecular weight excluding hydrogens is 330 g/mol. The Balaban J connectivity index is 1.69. The van der Waals surface area contributed by atoms with Gasteiger partial charge < -0.3 is 9.73 Å². The Hall–Kier alpha value is -3.48. The number of benzene rings is 1. The van der Waals surface area contributed by atoms with Crippen LogP contribution in [0.25, 0.3) is 17.1 Å². The van der Waals surface area contributed by atoms with Gasteiger partial charge in [-0.05, 0) is 30.7 Å². The molecule has 1 amide bonds. The van der Waals surface area contributed by atoms with Crippen molar-refractivity contribution < 1.29 is 9.21 Å². The van der Waals surface area contributed by atoms with Crippen molar-refractivity contribution in [2.45, 2.75) is 19.3 Å². The summed E-state index contributed by atoms with van der Waals surface area (Å²) in [5, 5.41) is 7.53. The summed E-state index contributed by atoms with van der Waals surface area (Å²) in [6.45, 7) is 1.93. The molecule has 1 aromatic carbocycles. The fourth-order valence-corrected chi connectivity index (χ4v) is 3.50. The Bertz CT molecular complexity index is 1100. The molecule has 5 rings (SSSR count). The summed E-state index contributed by atoms with van der Waals surface area (Å²) < 4.78 is 7.41. The molecule has 1 atom stereocenters. The zero-order chi connectivity index (χ0) is 17.7. The molecule has 0 fully saturated rings. The van der Waals surface area contributed by atoms with E-state index in [0.717, 1.165) is 22.3 Å². The zero-order valence-electron chi connectivity index (χ0n) is 14.0. The largest absolute Gasteiger partial charge is 0.422 e. The molecule has 4 heterocycles. The molecule has 0 saturated heterocycles. The molecule has 0 bridgehead atoms. The number of hydrogen-bond donors (Lipinski definition) is 1. The van der Waals surface area contributed by atoms with Crippen LogP contribution in [-0.4, -0.2) is 25.7 Å². The summed E-state index contributed by atoms with van der Waals surface area (Å²) in [7, 11) is 0. The molecule has 128 valence electrons. The number of pyridine rings is 1. The van der Waals surface area contributed by atoms with Crippen LogP contribution in [0.5, 0.6) is 0 Å². The minimum atomic E-state index is -0.0921. The van der Waals surface area contributed by atoms with Gasteiger partial charge in [0.15, 0.2) is 5.58 Å². The van der Waals surface area contributed by atoms with Crippen molar-refractivity contribution in [1.82, 2.24) is 19.7 Å². The van der Waals surface area contributed by atoms with Crippen LogP contribution in [0.2, 0.25) is 0 Å². The van der Waals surface area contributed by atoms with Gasteiger partial charge >= 0.3 is 6.01 Å². The highest BCUT2D eigenvalue weighted by Crippen LogP contribution is 2.40. The normalized spacial score (nSPS) is 16.5. The number of nitrogens with one attached hydrogen (secondary N) is 1. The Morgan fingerprint density at radius 3 is 2.92 bits per heavy atom. The molecule has 3 aromatic heterocycles. The molecule has 1 aliphatic heterocycles. The van der Waals surface area contributed by atoms with E-state index < -0.39 is 0 Å². The van der Waals surface area contributed by atoms with E-state index in [1.54, 1.807) is 17.1 Å². The summed E-state index contributed by atoms with van der Waals surface area (Å²) in [5.74, 6) is 0.452. The molecule has 0 aliphatic carbocycles. The number of nitrogens with zero attached hydrogens (tertiary/aromatic N) is 4. The topological polar surface area (TPSA) is 85.8 Å². The number of anilines is 1. The molecule has 0 saturated carbocycles. The maximum absolute atomic E-state index is 12.4. The second-order valence-corrected chi connectivity index (χ2v) is 6.31.